The molecule has 1 aromatic heterocycles. The molecule has 0 nitrogen and oxygen atoms in total. The van der Waals surface area contributed by atoms with Crippen molar-refractivity contribution in [3.63, 3.8) is 0 Å². The summed E-state index contributed by atoms with van der Waals surface area (Å²) in [6.45, 7) is 6.84. The Kier molecular flexibility index (Phi) is 5.73. The normalized spacial score (nSPS) is 12.3. The molecule has 9 rings (SSSR count). The molecule has 0 radical (unpaired) electrons. The summed E-state index contributed by atoms with van der Waals surface area (Å²) in [5.74, 6) is 0. The lowest BCUT2D eigenvalue weighted by Crippen LogP contribution is -2.10. The first-order chi connectivity index (χ1) is 21.9. The molecule has 0 saturated carbocycles. The summed E-state index contributed by atoms with van der Waals surface area (Å²) in [7, 11) is 0. The van der Waals surface area contributed by atoms with Crippen LogP contribution in [0, 0.1) is 0 Å². The predicted molar refractivity (Wildman–Crippen MR) is 198 cm³/mol. The molecule has 1 heteroatoms. The van der Waals surface area contributed by atoms with E-state index in [4.69, 9.17) is 0 Å². The van der Waals surface area contributed by atoms with Crippen molar-refractivity contribution in [2.45, 2.75) is 26.2 Å². The molecule has 0 unspecified atom stereocenters. The van der Waals surface area contributed by atoms with Gasteiger partial charge in [-0.25, -0.2) is 0 Å². The molecule has 9 aromatic rings. The zero-order chi connectivity index (χ0) is 30.3. The van der Waals surface area contributed by atoms with E-state index in [0.29, 0.717) is 0 Å². The second-order valence-electron chi connectivity index (χ2n) is 13.3. The molecule has 0 aliphatic rings. The van der Waals surface area contributed by atoms with Gasteiger partial charge in [-0.3, -0.25) is 0 Å². The second kappa shape index (κ2) is 9.76. The Hall–Kier alpha value is -4.98. The van der Waals surface area contributed by atoms with Crippen LogP contribution in [-0.2, 0) is 5.41 Å². The van der Waals surface area contributed by atoms with E-state index in [9.17, 15) is 0 Å². The van der Waals surface area contributed by atoms with Crippen molar-refractivity contribution < 1.29 is 0 Å². The minimum Gasteiger partial charge on any atom is -0.135 e. The van der Waals surface area contributed by atoms with Gasteiger partial charge in [0.25, 0.3) is 0 Å². The largest absolute Gasteiger partial charge is 0.135 e. The lowest BCUT2D eigenvalue weighted by molar-refractivity contribution is 0.590. The molecule has 0 aliphatic carbocycles. The van der Waals surface area contributed by atoms with Gasteiger partial charge < -0.3 is 0 Å². The fourth-order valence-corrected chi connectivity index (χ4v) is 8.50. The predicted octanol–water partition coefficient (Wildman–Crippen LogP) is 13.3. The topological polar surface area (TPSA) is 0 Å². The highest BCUT2D eigenvalue weighted by molar-refractivity contribution is 7.26. The molecule has 0 N–H and O–H groups in total. The van der Waals surface area contributed by atoms with Gasteiger partial charge in [-0.2, -0.15) is 0 Å². The van der Waals surface area contributed by atoms with Crippen LogP contribution < -0.4 is 0 Å². The van der Waals surface area contributed by atoms with Crippen LogP contribution in [0.15, 0.2) is 140 Å². The Morgan fingerprint density at radius 3 is 1.62 bits per heavy atom. The van der Waals surface area contributed by atoms with Crippen LogP contribution in [0.2, 0.25) is 0 Å². The minimum absolute atomic E-state index is 0.119. The Balaban J connectivity index is 1.25. The lowest BCUT2D eigenvalue weighted by atomic mass is 9.83. The number of hydrogen-bond donors (Lipinski definition) is 0. The van der Waals surface area contributed by atoms with E-state index in [1.807, 2.05) is 11.3 Å². The van der Waals surface area contributed by atoms with Gasteiger partial charge in [-0.05, 0) is 88.8 Å². The summed E-state index contributed by atoms with van der Waals surface area (Å²) >= 11 is 1.89. The maximum absolute atomic E-state index is 2.43. The molecule has 0 spiro atoms. The van der Waals surface area contributed by atoms with Crippen molar-refractivity contribution in [3.8, 4) is 33.4 Å². The average Bonchev–Trinajstić information content (AvgIpc) is 3.46. The molecule has 0 atom stereocenters. The molecule has 8 aromatic carbocycles. The van der Waals surface area contributed by atoms with E-state index in [2.05, 4.69) is 160 Å². The van der Waals surface area contributed by atoms with Crippen molar-refractivity contribution in [1.29, 1.82) is 0 Å². The number of hydrogen-bond acceptors (Lipinski definition) is 1. The molecule has 45 heavy (non-hydrogen) atoms. The number of rotatable bonds is 3. The van der Waals surface area contributed by atoms with Gasteiger partial charge in [0, 0.05) is 20.2 Å². The van der Waals surface area contributed by atoms with Crippen LogP contribution in [0.4, 0.5) is 0 Å². The Labute approximate surface area is 267 Å². The van der Waals surface area contributed by atoms with E-state index in [1.165, 1.54) is 91.4 Å². The van der Waals surface area contributed by atoms with E-state index >= 15 is 0 Å². The average molecular weight is 593 g/mol. The zero-order valence-electron chi connectivity index (χ0n) is 25.7. The maximum Gasteiger partial charge on any atom is 0.0433 e. The van der Waals surface area contributed by atoms with Crippen LogP contribution in [0.1, 0.15) is 26.3 Å². The molecular formula is C44H32S. The Bertz CT molecular complexity index is 2520. The molecule has 0 saturated heterocycles. The first kappa shape index (κ1) is 26.4. The van der Waals surface area contributed by atoms with E-state index in [-0.39, 0.29) is 5.41 Å². The quantitative estimate of drug-likeness (QED) is 0.179. The second-order valence-corrected chi connectivity index (χ2v) is 14.4. The molecule has 0 fully saturated rings. The van der Waals surface area contributed by atoms with Crippen molar-refractivity contribution in [2.24, 2.45) is 0 Å². The van der Waals surface area contributed by atoms with Crippen LogP contribution in [0.25, 0.3) is 85.9 Å². The SMILES string of the molecule is CC(C)(C)c1ccc(-c2cc(-c3ccc(-c4cccc5c4sc4ccccc45)cc3)c3ccc4cccc5ccc2c3c45)cc1. The van der Waals surface area contributed by atoms with Gasteiger partial charge >= 0.3 is 0 Å². The monoisotopic (exact) mass is 592 g/mol. The van der Waals surface area contributed by atoms with Gasteiger partial charge in [0.05, 0.1) is 0 Å². The zero-order valence-corrected chi connectivity index (χ0v) is 26.5. The van der Waals surface area contributed by atoms with Crippen LogP contribution in [-0.4, -0.2) is 0 Å². The Morgan fingerprint density at radius 1 is 0.422 bits per heavy atom. The van der Waals surface area contributed by atoms with Crippen LogP contribution in [0.5, 0.6) is 0 Å². The van der Waals surface area contributed by atoms with Gasteiger partial charge in [-0.15, -0.1) is 11.3 Å². The standard InChI is InChI=1S/C44H32S/c1-44(2,3)32-22-18-29(19-23-32)39-26-38(35-24-20-30-8-6-9-31-21-25-36(39)42(35)41(30)31)28-16-14-27(15-17-28)33-11-7-12-37-34-10-4-5-13-40(34)45-43(33)37/h4-26H,1-3H3. The van der Waals surface area contributed by atoms with Crippen molar-refractivity contribution in [3.05, 3.63) is 145 Å². The first-order valence-electron chi connectivity index (χ1n) is 15.8. The van der Waals surface area contributed by atoms with Crippen molar-refractivity contribution >= 4 is 63.8 Å². The third-order valence-electron chi connectivity index (χ3n) is 9.62. The number of benzene rings is 8. The smallest absolute Gasteiger partial charge is 0.0433 e. The van der Waals surface area contributed by atoms with Gasteiger partial charge in [0.15, 0.2) is 0 Å². The summed E-state index contributed by atoms with van der Waals surface area (Å²) in [6.07, 6.45) is 0. The first-order valence-corrected chi connectivity index (χ1v) is 16.6. The summed E-state index contributed by atoms with van der Waals surface area (Å²) in [5.41, 5.74) is 9.10. The summed E-state index contributed by atoms with van der Waals surface area (Å²) < 4.78 is 2.70. The molecular weight excluding hydrogens is 561 g/mol. The highest BCUT2D eigenvalue weighted by Crippen LogP contribution is 2.45. The summed E-state index contributed by atoms with van der Waals surface area (Å²) in [5, 5.41) is 10.6. The summed E-state index contributed by atoms with van der Waals surface area (Å²) in [6, 6.07) is 52.3. The van der Waals surface area contributed by atoms with Gasteiger partial charge in [0.1, 0.15) is 0 Å². The molecule has 214 valence electrons. The highest BCUT2D eigenvalue weighted by Gasteiger charge is 2.18. The van der Waals surface area contributed by atoms with E-state index in [1.54, 1.807) is 0 Å². The fourth-order valence-electron chi connectivity index (χ4n) is 7.26. The van der Waals surface area contributed by atoms with Gasteiger partial charge in [0.2, 0.25) is 0 Å². The third-order valence-corrected chi connectivity index (χ3v) is 10.8. The van der Waals surface area contributed by atoms with Crippen LogP contribution >= 0.6 is 11.3 Å². The van der Waals surface area contributed by atoms with Crippen LogP contribution in [0.3, 0.4) is 0 Å². The highest BCUT2D eigenvalue weighted by atomic mass is 32.1. The van der Waals surface area contributed by atoms with Gasteiger partial charge in [-0.1, -0.05) is 148 Å². The summed E-state index contributed by atoms with van der Waals surface area (Å²) in [4.78, 5) is 0. The number of thiophene rings is 1. The molecule has 0 amide bonds. The third kappa shape index (κ3) is 4.11. The lowest BCUT2D eigenvalue weighted by Gasteiger charge is -2.21. The number of fused-ring (bicyclic) bond motifs is 3. The fraction of sp³-hybridized carbons (Fsp3) is 0.0909. The van der Waals surface area contributed by atoms with Crippen molar-refractivity contribution in [2.75, 3.05) is 0 Å². The minimum atomic E-state index is 0.119. The van der Waals surface area contributed by atoms with E-state index < -0.39 is 0 Å². The van der Waals surface area contributed by atoms with Crippen molar-refractivity contribution in [1.82, 2.24) is 0 Å². The molecule has 0 bridgehead atoms. The maximum atomic E-state index is 2.43. The Morgan fingerprint density at radius 2 is 0.978 bits per heavy atom. The molecule has 1 heterocycles. The van der Waals surface area contributed by atoms with E-state index in [0.717, 1.165) is 0 Å². The molecule has 0 aliphatic heterocycles.